The van der Waals surface area contributed by atoms with Crippen molar-refractivity contribution >= 4 is 11.9 Å². The first-order valence-electron chi connectivity index (χ1n) is 11.4. The Labute approximate surface area is 190 Å². The van der Waals surface area contributed by atoms with Gasteiger partial charge in [-0.1, -0.05) is 30.2 Å². The molecular formula is C26H35NO5. The van der Waals surface area contributed by atoms with Crippen LogP contribution in [0.25, 0.3) is 0 Å². The number of benzene rings is 1. The van der Waals surface area contributed by atoms with E-state index in [-0.39, 0.29) is 30.2 Å². The number of aliphatic hydroxyl groups is 1. The molecule has 2 aliphatic rings. The largest absolute Gasteiger partial charge is 0.508 e. The Morgan fingerprint density at radius 2 is 1.91 bits per heavy atom. The molecule has 1 amide bonds. The normalized spacial score (nSPS) is 22.5. The van der Waals surface area contributed by atoms with Crippen molar-refractivity contribution in [1.82, 2.24) is 4.90 Å². The van der Waals surface area contributed by atoms with Crippen molar-refractivity contribution in [3.05, 3.63) is 51.6 Å². The highest BCUT2D eigenvalue weighted by Crippen LogP contribution is 2.45. The molecular weight excluding hydrogens is 406 g/mol. The molecule has 0 unspecified atom stereocenters. The maximum Gasteiger partial charge on any atom is 0.323 e. The summed E-state index contributed by atoms with van der Waals surface area (Å²) in [5.74, 6) is -1.40. The number of aliphatic hydroxyl groups excluding tert-OH is 1. The summed E-state index contributed by atoms with van der Waals surface area (Å²) in [6.45, 7) is 8.28. The molecule has 0 bridgehead atoms. The number of nitrogens with zero attached hydrogens (tertiary/aromatic N) is 1. The average Bonchev–Trinajstić information content (AvgIpc) is 2.98. The molecule has 3 N–H and O–H groups in total. The third kappa shape index (κ3) is 5.07. The Bertz CT molecular complexity index is 973. The minimum atomic E-state index is -1.06. The standard InChI is InChI=1S/C26H35NO5/c1-16(2)7-5-8-17(3)9-6-10-26(4)13-20-18(12-23(26)29)22(28)11-19-21(20)14-27(25(19)32)15-24(30)31/h7,9,11,23,28-29H,5-6,8,10,12-15H2,1-4H3,(H,30,31)/b17-9+/t23-,26+/m0/s1. The van der Waals surface area contributed by atoms with E-state index in [4.69, 9.17) is 5.11 Å². The molecule has 174 valence electrons. The smallest absolute Gasteiger partial charge is 0.323 e. The number of carboxylic acids is 1. The molecule has 6 nitrogen and oxygen atoms in total. The number of allylic oxidation sites excluding steroid dienone is 4. The first-order valence-corrected chi connectivity index (χ1v) is 11.4. The van der Waals surface area contributed by atoms with Gasteiger partial charge in [-0.25, -0.2) is 0 Å². The summed E-state index contributed by atoms with van der Waals surface area (Å²) in [6.07, 6.45) is 8.49. The maximum atomic E-state index is 12.7. The van der Waals surface area contributed by atoms with E-state index in [1.54, 1.807) is 0 Å². The molecule has 0 spiro atoms. The van der Waals surface area contributed by atoms with Gasteiger partial charge in [0.05, 0.1) is 6.10 Å². The summed E-state index contributed by atoms with van der Waals surface area (Å²) in [5.41, 5.74) is 5.06. The van der Waals surface area contributed by atoms with E-state index < -0.39 is 12.1 Å². The minimum absolute atomic E-state index is 0.0142. The van der Waals surface area contributed by atoms with E-state index in [2.05, 4.69) is 39.8 Å². The number of hydrogen-bond acceptors (Lipinski definition) is 4. The van der Waals surface area contributed by atoms with E-state index in [0.717, 1.165) is 36.8 Å². The third-order valence-electron chi connectivity index (χ3n) is 6.92. The van der Waals surface area contributed by atoms with Crippen LogP contribution in [0.5, 0.6) is 5.75 Å². The van der Waals surface area contributed by atoms with E-state index in [9.17, 15) is 19.8 Å². The fourth-order valence-electron chi connectivity index (χ4n) is 4.90. The second-order valence-corrected chi connectivity index (χ2v) is 9.89. The first-order chi connectivity index (χ1) is 15.0. The van der Waals surface area contributed by atoms with Gasteiger partial charge in [-0.3, -0.25) is 9.59 Å². The number of carboxylic acid groups (broad SMARTS) is 1. The average molecular weight is 442 g/mol. The van der Waals surface area contributed by atoms with Gasteiger partial charge in [0.2, 0.25) is 0 Å². The zero-order valence-corrected chi connectivity index (χ0v) is 19.6. The minimum Gasteiger partial charge on any atom is -0.508 e. The van der Waals surface area contributed by atoms with Gasteiger partial charge in [-0.15, -0.1) is 0 Å². The van der Waals surface area contributed by atoms with Crippen molar-refractivity contribution in [2.45, 2.75) is 78.9 Å². The van der Waals surface area contributed by atoms with Crippen molar-refractivity contribution in [3.8, 4) is 5.75 Å². The van der Waals surface area contributed by atoms with Crippen molar-refractivity contribution in [1.29, 1.82) is 0 Å². The second-order valence-electron chi connectivity index (χ2n) is 9.89. The Balaban J connectivity index is 1.78. The lowest BCUT2D eigenvalue weighted by molar-refractivity contribution is -0.137. The number of fused-ring (bicyclic) bond motifs is 3. The van der Waals surface area contributed by atoms with E-state index in [0.29, 0.717) is 24.0 Å². The lowest BCUT2D eigenvalue weighted by Gasteiger charge is -2.40. The Morgan fingerprint density at radius 3 is 2.56 bits per heavy atom. The molecule has 1 aromatic carbocycles. The van der Waals surface area contributed by atoms with Crippen LogP contribution in [0, 0.1) is 5.41 Å². The number of phenols is 1. The van der Waals surface area contributed by atoms with Crippen LogP contribution in [0.15, 0.2) is 29.4 Å². The third-order valence-corrected chi connectivity index (χ3v) is 6.92. The van der Waals surface area contributed by atoms with Crippen LogP contribution < -0.4 is 0 Å². The number of aliphatic carboxylic acids is 1. The molecule has 0 aromatic heterocycles. The molecule has 32 heavy (non-hydrogen) atoms. The van der Waals surface area contributed by atoms with E-state index in [1.165, 1.54) is 22.1 Å². The maximum absolute atomic E-state index is 12.7. The van der Waals surface area contributed by atoms with E-state index >= 15 is 0 Å². The van der Waals surface area contributed by atoms with Gasteiger partial charge in [0.15, 0.2) is 0 Å². The highest BCUT2D eigenvalue weighted by molar-refractivity contribution is 6.00. The highest BCUT2D eigenvalue weighted by atomic mass is 16.4. The van der Waals surface area contributed by atoms with Crippen molar-refractivity contribution < 1.29 is 24.9 Å². The lowest BCUT2D eigenvalue weighted by atomic mass is 9.67. The molecule has 1 aliphatic heterocycles. The molecule has 0 saturated carbocycles. The topological polar surface area (TPSA) is 98.1 Å². The first kappa shape index (κ1) is 24.1. The summed E-state index contributed by atoms with van der Waals surface area (Å²) in [4.78, 5) is 25.1. The van der Waals surface area contributed by atoms with Gasteiger partial charge < -0.3 is 20.2 Å². The molecule has 3 rings (SSSR count). The SMILES string of the molecule is CC(C)=CCC/C(C)=C/CC[C@]1(C)Cc2c(c(O)cc3c2CN(CC(=O)O)C3=O)C[C@@H]1O. The quantitative estimate of drug-likeness (QED) is 0.521. The number of aromatic hydroxyl groups is 1. The number of carbonyl (C=O) groups is 2. The summed E-state index contributed by atoms with van der Waals surface area (Å²) < 4.78 is 0. The fourth-order valence-corrected chi connectivity index (χ4v) is 4.90. The number of carbonyl (C=O) groups excluding carboxylic acids is 1. The van der Waals surface area contributed by atoms with Crippen LogP contribution in [0.1, 0.15) is 80.4 Å². The van der Waals surface area contributed by atoms with Gasteiger partial charge in [0.25, 0.3) is 5.91 Å². The number of phenolic OH excluding ortho intramolecular Hbond substituents is 1. The van der Waals surface area contributed by atoms with Gasteiger partial charge >= 0.3 is 5.97 Å². The Morgan fingerprint density at radius 1 is 1.19 bits per heavy atom. The summed E-state index contributed by atoms with van der Waals surface area (Å²) in [5, 5.41) is 30.6. The van der Waals surface area contributed by atoms with Gasteiger partial charge in [0, 0.05) is 24.1 Å². The monoisotopic (exact) mass is 441 g/mol. The van der Waals surface area contributed by atoms with Gasteiger partial charge in [0.1, 0.15) is 12.3 Å². The number of hydrogen-bond donors (Lipinski definition) is 3. The molecule has 2 atom stereocenters. The zero-order chi connectivity index (χ0) is 23.6. The summed E-state index contributed by atoms with van der Waals surface area (Å²) >= 11 is 0. The molecule has 1 aliphatic carbocycles. The summed E-state index contributed by atoms with van der Waals surface area (Å²) in [7, 11) is 0. The molecule has 0 fully saturated rings. The number of rotatable bonds is 8. The second kappa shape index (κ2) is 9.49. The van der Waals surface area contributed by atoms with E-state index in [1.807, 2.05) is 0 Å². The van der Waals surface area contributed by atoms with Crippen LogP contribution in [0.3, 0.4) is 0 Å². The van der Waals surface area contributed by atoms with Crippen LogP contribution in [-0.2, 0) is 24.2 Å². The Kier molecular flexibility index (Phi) is 7.13. The van der Waals surface area contributed by atoms with Crippen molar-refractivity contribution in [2.24, 2.45) is 5.41 Å². The van der Waals surface area contributed by atoms with Crippen LogP contribution in [-0.4, -0.2) is 44.7 Å². The zero-order valence-electron chi connectivity index (χ0n) is 19.6. The molecule has 0 saturated heterocycles. The predicted molar refractivity (Wildman–Crippen MR) is 124 cm³/mol. The number of amides is 1. The lowest BCUT2D eigenvalue weighted by Crippen LogP contribution is -2.40. The molecule has 6 heteroatoms. The van der Waals surface area contributed by atoms with Gasteiger partial charge in [-0.2, -0.15) is 0 Å². The van der Waals surface area contributed by atoms with Crippen molar-refractivity contribution in [2.75, 3.05) is 6.54 Å². The van der Waals surface area contributed by atoms with Crippen molar-refractivity contribution in [3.63, 3.8) is 0 Å². The molecule has 1 aromatic rings. The Hall–Kier alpha value is -2.60. The molecule has 1 heterocycles. The fraction of sp³-hybridized carbons (Fsp3) is 0.538. The summed E-state index contributed by atoms with van der Waals surface area (Å²) in [6, 6.07) is 1.44. The highest BCUT2D eigenvalue weighted by Gasteiger charge is 2.42. The van der Waals surface area contributed by atoms with Gasteiger partial charge in [-0.05, 0) is 75.5 Å². The van der Waals surface area contributed by atoms with Crippen LogP contribution in [0.4, 0.5) is 0 Å². The molecule has 0 radical (unpaired) electrons. The van der Waals surface area contributed by atoms with Crippen LogP contribution in [0.2, 0.25) is 0 Å². The van der Waals surface area contributed by atoms with Crippen LogP contribution >= 0.6 is 0 Å². The predicted octanol–water partition coefficient (Wildman–Crippen LogP) is 4.37.